The molecule has 132 valence electrons. The number of carbonyl (C=O) groups excluding carboxylic acids is 2. The Morgan fingerprint density at radius 3 is 2.62 bits per heavy atom. The molecule has 1 unspecified atom stereocenters. The van der Waals surface area contributed by atoms with Crippen LogP contribution in [0.15, 0.2) is 18.2 Å². The van der Waals surface area contributed by atoms with Crippen molar-refractivity contribution in [3.63, 3.8) is 0 Å². The minimum atomic E-state index is -0.00925. The molecule has 1 amide bonds. The number of benzene rings is 1. The molecule has 0 radical (unpaired) electrons. The van der Waals surface area contributed by atoms with Gasteiger partial charge in [0, 0.05) is 31.0 Å². The lowest BCUT2D eigenvalue weighted by atomic mass is 9.89. The predicted octanol–water partition coefficient (Wildman–Crippen LogP) is 2.82. The molecule has 1 aromatic rings. The number of amides is 1. The maximum absolute atomic E-state index is 12.3. The van der Waals surface area contributed by atoms with Crippen LogP contribution in [0.4, 0.5) is 0 Å². The van der Waals surface area contributed by atoms with Crippen molar-refractivity contribution in [1.29, 1.82) is 0 Å². The van der Waals surface area contributed by atoms with Crippen LogP contribution in [0.5, 0.6) is 0 Å². The van der Waals surface area contributed by atoms with E-state index in [2.05, 4.69) is 16.7 Å². The molecule has 0 spiro atoms. The summed E-state index contributed by atoms with van der Waals surface area (Å²) in [7, 11) is 0. The standard InChI is InChI=1S/C19H26N2O2.ClH/c22-18(9-10-19(23)21-17-6-3-11-20-13-17)16-8-7-14-4-1-2-5-15(14)12-16;/h7-8,12,17,20H,1-6,9-11,13H2,(H,21,23);1H. The van der Waals surface area contributed by atoms with Gasteiger partial charge in [0.15, 0.2) is 5.78 Å². The van der Waals surface area contributed by atoms with Gasteiger partial charge in [-0.15, -0.1) is 12.4 Å². The number of fused-ring (bicyclic) bond motifs is 1. The van der Waals surface area contributed by atoms with E-state index in [4.69, 9.17) is 0 Å². The summed E-state index contributed by atoms with van der Waals surface area (Å²) in [6, 6.07) is 6.28. The molecule has 2 aliphatic rings. The van der Waals surface area contributed by atoms with Gasteiger partial charge in [0.1, 0.15) is 0 Å². The Hall–Kier alpha value is -1.39. The molecule has 0 aromatic heterocycles. The molecule has 3 rings (SSSR count). The predicted molar refractivity (Wildman–Crippen MR) is 97.9 cm³/mol. The summed E-state index contributed by atoms with van der Waals surface area (Å²) < 4.78 is 0. The van der Waals surface area contributed by atoms with E-state index >= 15 is 0 Å². The van der Waals surface area contributed by atoms with E-state index in [-0.39, 0.29) is 36.6 Å². The number of aryl methyl sites for hydroxylation is 2. The fourth-order valence-electron chi connectivity index (χ4n) is 3.55. The second kappa shape index (κ2) is 9.19. The van der Waals surface area contributed by atoms with Gasteiger partial charge in [0.25, 0.3) is 0 Å². The van der Waals surface area contributed by atoms with E-state index in [1.165, 1.54) is 24.0 Å². The van der Waals surface area contributed by atoms with Crippen LogP contribution >= 0.6 is 12.4 Å². The second-order valence-corrected chi connectivity index (χ2v) is 6.72. The molecule has 0 bridgehead atoms. The summed E-state index contributed by atoms with van der Waals surface area (Å²) in [5, 5.41) is 6.30. The zero-order valence-electron chi connectivity index (χ0n) is 14.1. The van der Waals surface area contributed by atoms with Gasteiger partial charge in [-0.25, -0.2) is 0 Å². The Morgan fingerprint density at radius 1 is 1.08 bits per heavy atom. The molecule has 1 saturated heterocycles. The number of rotatable bonds is 5. The highest BCUT2D eigenvalue weighted by Gasteiger charge is 2.17. The molecule has 1 aliphatic carbocycles. The molecule has 1 aliphatic heterocycles. The molecule has 0 saturated carbocycles. The molecule has 1 aromatic carbocycles. The highest BCUT2D eigenvalue weighted by atomic mass is 35.5. The Bertz CT molecular complexity index is 583. The first-order valence-electron chi connectivity index (χ1n) is 8.87. The lowest BCUT2D eigenvalue weighted by molar-refractivity contribution is -0.121. The smallest absolute Gasteiger partial charge is 0.220 e. The SMILES string of the molecule is Cl.O=C(CCC(=O)c1ccc2c(c1)CCCC2)NC1CCCNC1. The van der Waals surface area contributed by atoms with Crippen molar-refractivity contribution in [2.45, 2.75) is 57.4 Å². The number of Topliss-reactive ketones (excluding diaryl/α,β-unsaturated/α-hetero) is 1. The van der Waals surface area contributed by atoms with Crippen molar-refractivity contribution in [3.05, 3.63) is 34.9 Å². The number of carbonyl (C=O) groups is 2. The lowest BCUT2D eigenvalue weighted by Crippen LogP contribution is -2.45. The van der Waals surface area contributed by atoms with Gasteiger partial charge in [-0.3, -0.25) is 9.59 Å². The third-order valence-corrected chi connectivity index (χ3v) is 4.91. The number of hydrogen-bond acceptors (Lipinski definition) is 3. The van der Waals surface area contributed by atoms with Gasteiger partial charge in [-0.1, -0.05) is 12.1 Å². The summed E-state index contributed by atoms with van der Waals surface area (Å²) >= 11 is 0. The fraction of sp³-hybridized carbons (Fsp3) is 0.579. The summed E-state index contributed by atoms with van der Waals surface area (Å²) in [4.78, 5) is 24.3. The molecular formula is C19H27ClN2O2. The van der Waals surface area contributed by atoms with Crippen molar-refractivity contribution in [1.82, 2.24) is 10.6 Å². The monoisotopic (exact) mass is 350 g/mol. The van der Waals surface area contributed by atoms with Crippen LogP contribution in [-0.4, -0.2) is 30.8 Å². The first kappa shape index (κ1) is 18.9. The minimum Gasteiger partial charge on any atom is -0.352 e. The fourth-order valence-corrected chi connectivity index (χ4v) is 3.55. The van der Waals surface area contributed by atoms with E-state index in [9.17, 15) is 9.59 Å². The molecule has 1 heterocycles. The van der Waals surface area contributed by atoms with E-state index in [1.54, 1.807) is 0 Å². The van der Waals surface area contributed by atoms with Crippen LogP contribution < -0.4 is 10.6 Å². The highest BCUT2D eigenvalue weighted by molar-refractivity contribution is 5.98. The van der Waals surface area contributed by atoms with Crippen molar-refractivity contribution in [2.24, 2.45) is 0 Å². The van der Waals surface area contributed by atoms with E-state index in [0.717, 1.165) is 44.3 Å². The van der Waals surface area contributed by atoms with E-state index < -0.39 is 0 Å². The summed E-state index contributed by atoms with van der Waals surface area (Å²) in [5.41, 5.74) is 3.47. The van der Waals surface area contributed by atoms with Gasteiger partial charge in [0.2, 0.25) is 5.91 Å². The molecule has 5 heteroatoms. The average Bonchev–Trinajstić information content (AvgIpc) is 2.60. The molecule has 1 atom stereocenters. The summed E-state index contributed by atoms with van der Waals surface area (Å²) in [6.07, 6.45) is 7.36. The van der Waals surface area contributed by atoms with Crippen molar-refractivity contribution in [2.75, 3.05) is 13.1 Å². The molecule has 24 heavy (non-hydrogen) atoms. The van der Waals surface area contributed by atoms with Gasteiger partial charge in [0.05, 0.1) is 0 Å². The summed E-state index contributed by atoms with van der Waals surface area (Å²) in [5.74, 6) is 0.0697. The Kier molecular flexibility index (Phi) is 7.25. The number of piperidine rings is 1. The van der Waals surface area contributed by atoms with E-state index in [0.29, 0.717) is 6.42 Å². The first-order valence-corrected chi connectivity index (χ1v) is 8.87. The van der Waals surface area contributed by atoms with Gasteiger partial charge >= 0.3 is 0 Å². The molecule has 4 nitrogen and oxygen atoms in total. The Balaban J connectivity index is 0.00000208. The van der Waals surface area contributed by atoms with Gasteiger partial charge in [-0.05, 0) is 62.3 Å². The number of halogens is 1. The topological polar surface area (TPSA) is 58.2 Å². The normalized spacial score (nSPS) is 19.8. The number of nitrogens with one attached hydrogen (secondary N) is 2. The van der Waals surface area contributed by atoms with Crippen LogP contribution in [-0.2, 0) is 17.6 Å². The third-order valence-electron chi connectivity index (χ3n) is 4.91. The van der Waals surface area contributed by atoms with Crippen LogP contribution in [0.25, 0.3) is 0 Å². The average molecular weight is 351 g/mol. The highest BCUT2D eigenvalue weighted by Crippen LogP contribution is 2.22. The quantitative estimate of drug-likeness (QED) is 0.803. The largest absolute Gasteiger partial charge is 0.352 e. The number of ketones is 1. The van der Waals surface area contributed by atoms with Crippen LogP contribution in [0.1, 0.15) is 60.0 Å². The van der Waals surface area contributed by atoms with Gasteiger partial charge in [-0.2, -0.15) is 0 Å². The van der Waals surface area contributed by atoms with Crippen molar-refractivity contribution < 1.29 is 9.59 Å². The van der Waals surface area contributed by atoms with Crippen LogP contribution in [0, 0.1) is 0 Å². The van der Waals surface area contributed by atoms with Crippen molar-refractivity contribution in [3.8, 4) is 0 Å². The van der Waals surface area contributed by atoms with Gasteiger partial charge < -0.3 is 10.6 Å². The molecule has 2 N–H and O–H groups in total. The molecule has 1 fully saturated rings. The molecular weight excluding hydrogens is 324 g/mol. The second-order valence-electron chi connectivity index (χ2n) is 6.72. The maximum atomic E-state index is 12.3. The van der Waals surface area contributed by atoms with E-state index in [1.807, 2.05) is 12.1 Å². The van der Waals surface area contributed by atoms with Crippen LogP contribution in [0.2, 0.25) is 0 Å². The summed E-state index contributed by atoms with van der Waals surface area (Å²) in [6.45, 7) is 1.87. The van der Waals surface area contributed by atoms with Crippen LogP contribution in [0.3, 0.4) is 0 Å². The zero-order chi connectivity index (χ0) is 16.1. The Labute approximate surface area is 150 Å². The Morgan fingerprint density at radius 2 is 1.88 bits per heavy atom. The zero-order valence-corrected chi connectivity index (χ0v) is 14.9. The third kappa shape index (κ3) is 5.05. The first-order chi connectivity index (χ1) is 11.2. The lowest BCUT2D eigenvalue weighted by Gasteiger charge is -2.23. The maximum Gasteiger partial charge on any atom is 0.220 e. The number of hydrogen-bond donors (Lipinski definition) is 2. The van der Waals surface area contributed by atoms with Crippen molar-refractivity contribution >= 4 is 24.1 Å². The minimum absolute atomic E-state index is 0.